The molecule has 0 fully saturated rings. The van der Waals surface area contributed by atoms with E-state index in [2.05, 4.69) is 21.5 Å². The molecule has 0 aliphatic carbocycles. The molecule has 0 amide bonds. The molecule has 2 aromatic rings. The monoisotopic (exact) mass is 459 g/mol. The number of allylic oxidation sites excluding steroid dienone is 2. The first-order valence-electron chi connectivity index (χ1n) is 8.89. The van der Waals surface area contributed by atoms with E-state index < -0.39 is 0 Å². The Balaban J connectivity index is 0.000000523. The van der Waals surface area contributed by atoms with E-state index in [0.717, 1.165) is 33.6 Å². The zero-order valence-electron chi connectivity index (χ0n) is 18.0. The molecule has 2 aromatic carbocycles. The van der Waals surface area contributed by atoms with Gasteiger partial charge >= 0.3 is 0 Å². The van der Waals surface area contributed by atoms with Crippen LogP contribution in [-0.2, 0) is 32.7 Å². The van der Waals surface area contributed by atoms with Gasteiger partial charge in [0.05, 0.1) is 12.6 Å². The third-order valence-electron chi connectivity index (χ3n) is 4.11. The van der Waals surface area contributed by atoms with Crippen LogP contribution in [0.1, 0.15) is 36.1 Å². The number of benzene rings is 2. The summed E-state index contributed by atoms with van der Waals surface area (Å²) in [5, 5.41) is 16.8. The van der Waals surface area contributed by atoms with Gasteiger partial charge in [-0.05, 0) is 56.0 Å². The quantitative estimate of drug-likeness (QED) is 0.346. The first-order valence-corrected chi connectivity index (χ1v) is 8.89. The molecule has 0 spiro atoms. The van der Waals surface area contributed by atoms with Crippen molar-refractivity contribution in [2.75, 3.05) is 14.1 Å². The Kier molecular flexibility index (Phi) is 12.6. The van der Waals surface area contributed by atoms with Crippen molar-refractivity contribution < 1.29 is 32.7 Å². The summed E-state index contributed by atoms with van der Waals surface area (Å²) in [4.78, 5) is 3.36. The fourth-order valence-corrected chi connectivity index (χ4v) is 2.44. The van der Waals surface area contributed by atoms with Gasteiger partial charge in [0.15, 0.2) is 5.70 Å². The topological polar surface area (TPSA) is 56.4 Å². The van der Waals surface area contributed by atoms with Crippen LogP contribution in [0.3, 0.4) is 0 Å². The largest absolute Gasteiger partial charge is 0.687 e. The summed E-state index contributed by atoms with van der Waals surface area (Å²) in [5.74, 6) is 0. The molecule has 4 nitrogen and oxygen atoms in total. The zero-order chi connectivity index (χ0) is 21.1. The number of hydrogen-bond acceptors (Lipinski definition) is 1. The van der Waals surface area contributed by atoms with Crippen molar-refractivity contribution in [3.05, 3.63) is 92.0 Å². The predicted octanol–water partition coefficient (Wildman–Crippen LogP) is 7.46. The zero-order valence-corrected chi connectivity index (χ0v) is 20.8. The molecule has 0 saturated carbocycles. The smallest absolute Gasteiger partial charge is 0.163 e. The number of nitriles is 1. The van der Waals surface area contributed by atoms with Crippen molar-refractivity contribution in [3.8, 4) is 6.07 Å². The molecule has 147 valence electrons. The normalized spacial score (nSPS) is 10.5. The van der Waals surface area contributed by atoms with Crippen LogP contribution in [0.25, 0.3) is 27.6 Å². The molecule has 1 radical (unpaired) electrons. The Morgan fingerprint density at radius 1 is 0.931 bits per heavy atom. The minimum absolute atomic E-state index is 0. The summed E-state index contributed by atoms with van der Waals surface area (Å²) in [6.45, 7) is 14.5. The van der Waals surface area contributed by atoms with E-state index in [0.29, 0.717) is 11.3 Å². The number of aryl methyl sites for hydroxylation is 2. The van der Waals surface area contributed by atoms with Gasteiger partial charge in [-0.15, -0.1) is 25.5 Å². The SMILES string of the molecule is C[N-]c1ccc(/C=C(/C)C#N)c(C)c1.[C-]#[N+]/C(C)=C/c1ccc([N-]C)cc1C.[Y]. The molecule has 0 aliphatic rings. The van der Waals surface area contributed by atoms with Crippen molar-refractivity contribution in [1.82, 2.24) is 0 Å². The van der Waals surface area contributed by atoms with Gasteiger partial charge in [0, 0.05) is 38.3 Å². The van der Waals surface area contributed by atoms with Crippen LogP contribution in [-0.4, -0.2) is 14.1 Å². The number of hydrogen-bond donors (Lipinski definition) is 0. The van der Waals surface area contributed by atoms with Gasteiger partial charge < -0.3 is 10.6 Å². The Morgan fingerprint density at radius 2 is 1.38 bits per heavy atom. The van der Waals surface area contributed by atoms with Crippen LogP contribution in [0.2, 0.25) is 0 Å². The van der Waals surface area contributed by atoms with Crippen LogP contribution in [0.5, 0.6) is 0 Å². The van der Waals surface area contributed by atoms with E-state index in [4.69, 9.17) is 11.8 Å². The van der Waals surface area contributed by atoms with E-state index in [1.807, 2.05) is 69.3 Å². The molecule has 5 heteroatoms. The molecule has 0 saturated heterocycles. The molecule has 0 unspecified atom stereocenters. The van der Waals surface area contributed by atoms with Crippen molar-refractivity contribution in [2.45, 2.75) is 27.7 Å². The number of nitrogens with zero attached hydrogens (tertiary/aromatic N) is 4. The van der Waals surface area contributed by atoms with Crippen molar-refractivity contribution in [1.29, 1.82) is 5.26 Å². The number of rotatable bonds is 4. The second-order valence-electron chi connectivity index (χ2n) is 6.37. The van der Waals surface area contributed by atoms with Crippen LogP contribution in [0, 0.1) is 31.8 Å². The maximum absolute atomic E-state index is 8.65. The Hall–Kier alpha value is -2.40. The first-order chi connectivity index (χ1) is 13.3. The molecule has 2 rings (SSSR count). The van der Waals surface area contributed by atoms with Crippen LogP contribution >= 0.6 is 0 Å². The molecule has 0 N–H and O–H groups in total. The third kappa shape index (κ3) is 9.09. The maximum atomic E-state index is 8.65. The Bertz CT molecular complexity index is 880. The molecule has 29 heavy (non-hydrogen) atoms. The van der Waals surface area contributed by atoms with E-state index in [1.165, 1.54) is 0 Å². The summed E-state index contributed by atoms with van der Waals surface area (Å²) in [6.07, 6.45) is 3.77. The van der Waals surface area contributed by atoms with Crippen LogP contribution in [0.4, 0.5) is 11.4 Å². The Morgan fingerprint density at radius 3 is 1.72 bits per heavy atom. The molecule has 0 bridgehead atoms. The molecule has 0 aromatic heterocycles. The van der Waals surface area contributed by atoms with Gasteiger partial charge in [-0.1, -0.05) is 42.5 Å². The van der Waals surface area contributed by atoms with Gasteiger partial charge in [-0.25, -0.2) is 4.85 Å². The summed E-state index contributed by atoms with van der Waals surface area (Å²) in [5.41, 5.74) is 7.82. The average Bonchev–Trinajstić information content (AvgIpc) is 2.71. The fraction of sp³-hybridized carbons (Fsp3) is 0.250. The summed E-state index contributed by atoms with van der Waals surface area (Å²) in [6, 6.07) is 14.0. The van der Waals surface area contributed by atoms with Crippen molar-refractivity contribution in [3.63, 3.8) is 0 Å². The van der Waals surface area contributed by atoms with Crippen LogP contribution in [0.15, 0.2) is 47.7 Å². The maximum Gasteiger partial charge on any atom is 0.163 e. The van der Waals surface area contributed by atoms with Crippen molar-refractivity contribution >= 4 is 23.5 Å². The fourth-order valence-electron chi connectivity index (χ4n) is 2.44. The first kappa shape index (κ1) is 26.6. The van der Waals surface area contributed by atoms with Crippen molar-refractivity contribution in [2.24, 2.45) is 0 Å². The van der Waals surface area contributed by atoms with Gasteiger partial charge in [0.25, 0.3) is 0 Å². The van der Waals surface area contributed by atoms with Gasteiger partial charge in [0.1, 0.15) is 0 Å². The van der Waals surface area contributed by atoms with E-state index in [1.54, 1.807) is 21.0 Å². The second-order valence-corrected chi connectivity index (χ2v) is 6.37. The molecule has 0 atom stereocenters. The van der Waals surface area contributed by atoms with E-state index in [9.17, 15) is 0 Å². The minimum Gasteiger partial charge on any atom is -0.687 e. The van der Waals surface area contributed by atoms with Crippen LogP contribution < -0.4 is 0 Å². The van der Waals surface area contributed by atoms with Gasteiger partial charge in [-0.3, -0.25) is 0 Å². The van der Waals surface area contributed by atoms with Gasteiger partial charge in [-0.2, -0.15) is 5.26 Å². The summed E-state index contributed by atoms with van der Waals surface area (Å²) >= 11 is 0. The van der Waals surface area contributed by atoms with E-state index in [-0.39, 0.29) is 32.7 Å². The second kappa shape index (κ2) is 13.7. The van der Waals surface area contributed by atoms with Gasteiger partial charge in [0.2, 0.25) is 0 Å². The van der Waals surface area contributed by atoms with E-state index >= 15 is 0 Å². The standard InChI is InChI=1S/2C12H13N2.Y/c1-9-7-12(14-4)6-5-11(9)8-10(2)13-3;1-9(8-13)6-11-4-5-12(14-3)7-10(11)2;/h5-8H,1-2,4H3;4-7H,1-3H3;/q2*-1;/b10-8+;9-6-;. The molecule has 0 heterocycles. The Labute approximate surface area is 200 Å². The predicted molar refractivity (Wildman–Crippen MR) is 120 cm³/mol. The average molecular weight is 459 g/mol. The summed E-state index contributed by atoms with van der Waals surface area (Å²) < 4.78 is 0. The molecular formula is C24H26N4Y-2. The third-order valence-corrected chi connectivity index (χ3v) is 4.11. The molecular weight excluding hydrogens is 433 g/mol. The summed E-state index contributed by atoms with van der Waals surface area (Å²) in [7, 11) is 3.54. The minimum atomic E-state index is 0. The molecule has 0 aliphatic heterocycles.